The standard InChI is InChI=1S/C16H23NO2/c1-17(2)16(19)14-11-13(8-9-15(14)18)10-12-6-4-3-5-7-12/h8-9,11-12,18H,3-7,10H2,1-2H3. The molecule has 3 heteroatoms. The highest BCUT2D eigenvalue weighted by Crippen LogP contribution is 2.28. The second-order valence-corrected chi connectivity index (χ2v) is 5.76. The summed E-state index contributed by atoms with van der Waals surface area (Å²) >= 11 is 0. The first-order chi connectivity index (χ1) is 9.08. The number of benzene rings is 1. The lowest BCUT2D eigenvalue weighted by atomic mass is 9.84. The number of phenols is 1. The van der Waals surface area contributed by atoms with Crippen LogP contribution in [-0.4, -0.2) is 30.0 Å². The molecule has 1 amide bonds. The summed E-state index contributed by atoms with van der Waals surface area (Å²) < 4.78 is 0. The zero-order valence-corrected chi connectivity index (χ0v) is 11.9. The first-order valence-corrected chi connectivity index (χ1v) is 7.11. The Hall–Kier alpha value is -1.51. The summed E-state index contributed by atoms with van der Waals surface area (Å²) in [6.07, 6.45) is 7.61. The van der Waals surface area contributed by atoms with Gasteiger partial charge in [0.25, 0.3) is 5.91 Å². The van der Waals surface area contributed by atoms with E-state index in [0.29, 0.717) is 5.56 Å². The lowest BCUT2D eigenvalue weighted by Gasteiger charge is -2.22. The van der Waals surface area contributed by atoms with E-state index in [1.807, 2.05) is 12.1 Å². The number of nitrogens with zero attached hydrogens (tertiary/aromatic N) is 1. The molecule has 104 valence electrons. The first-order valence-electron chi connectivity index (χ1n) is 7.11. The SMILES string of the molecule is CN(C)C(=O)c1cc(CC2CCCCC2)ccc1O. The third-order valence-corrected chi connectivity index (χ3v) is 3.95. The second kappa shape index (κ2) is 6.09. The summed E-state index contributed by atoms with van der Waals surface area (Å²) in [6.45, 7) is 0. The summed E-state index contributed by atoms with van der Waals surface area (Å²) in [4.78, 5) is 13.5. The summed E-state index contributed by atoms with van der Waals surface area (Å²) in [6, 6.07) is 5.44. The van der Waals surface area contributed by atoms with Gasteiger partial charge in [-0.25, -0.2) is 0 Å². The van der Waals surface area contributed by atoms with Crippen molar-refractivity contribution >= 4 is 5.91 Å². The zero-order chi connectivity index (χ0) is 13.8. The normalized spacial score (nSPS) is 16.3. The molecule has 3 nitrogen and oxygen atoms in total. The van der Waals surface area contributed by atoms with Gasteiger partial charge in [-0.1, -0.05) is 38.2 Å². The van der Waals surface area contributed by atoms with Crippen molar-refractivity contribution in [1.29, 1.82) is 0 Å². The minimum absolute atomic E-state index is 0.0751. The predicted molar refractivity (Wildman–Crippen MR) is 76.4 cm³/mol. The Morgan fingerprint density at radius 2 is 1.95 bits per heavy atom. The molecule has 0 unspecified atom stereocenters. The number of hydrogen-bond donors (Lipinski definition) is 1. The Balaban J connectivity index is 2.13. The van der Waals surface area contributed by atoms with E-state index < -0.39 is 0 Å². The monoisotopic (exact) mass is 261 g/mol. The molecule has 0 radical (unpaired) electrons. The van der Waals surface area contributed by atoms with Crippen LogP contribution in [0.1, 0.15) is 48.0 Å². The summed E-state index contributed by atoms with van der Waals surface area (Å²) in [5, 5.41) is 9.81. The summed E-state index contributed by atoms with van der Waals surface area (Å²) in [5.74, 6) is 0.676. The van der Waals surface area contributed by atoms with Gasteiger partial charge in [-0.2, -0.15) is 0 Å². The van der Waals surface area contributed by atoms with Gasteiger partial charge in [0.1, 0.15) is 5.75 Å². The average molecular weight is 261 g/mol. The largest absolute Gasteiger partial charge is 0.507 e. The van der Waals surface area contributed by atoms with Crippen molar-refractivity contribution in [2.75, 3.05) is 14.1 Å². The number of aromatic hydroxyl groups is 1. The van der Waals surface area contributed by atoms with Crippen LogP contribution in [-0.2, 0) is 6.42 Å². The van der Waals surface area contributed by atoms with Crippen LogP contribution in [0.25, 0.3) is 0 Å². The predicted octanol–water partition coefficient (Wildman–Crippen LogP) is 3.22. The molecule has 1 aliphatic carbocycles. The second-order valence-electron chi connectivity index (χ2n) is 5.76. The van der Waals surface area contributed by atoms with Crippen LogP contribution < -0.4 is 0 Å². The molecule has 1 saturated carbocycles. The number of carbonyl (C=O) groups is 1. The summed E-state index contributed by atoms with van der Waals surface area (Å²) in [5.41, 5.74) is 1.58. The van der Waals surface area contributed by atoms with Crippen LogP contribution in [0.15, 0.2) is 18.2 Å². The van der Waals surface area contributed by atoms with Gasteiger partial charge in [-0.3, -0.25) is 4.79 Å². The quantitative estimate of drug-likeness (QED) is 0.907. The lowest BCUT2D eigenvalue weighted by molar-refractivity contribution is 0.0824. The fourth-order valence-corrected chi connectivity index (χ4v) is 2.85. The van der Waals surface area contributed by atoms with Crippen molar-refractivity contribution in [1.82, 2.24) is 4.90 Å². The van der Waals surface area contributed by atoms with E-state index in [1.54, 1.807) is 20.2 Å². The molecule has 1 aromatic rings. The third kappa shape index (κ3) is 3.49. The van der Waals surface area contributed by atoms with E-state index in [1.165, 1.54) is 37.0 Å². The van der Waals surface area contributed by atoms with E-state index in [9.17, 15) is 9.90 Å². The average Bonchev–Trinajstić information content (AvgIpc) is 2.41. The maximum Gasteiger partial charge on any atom is 0.257 e. The third-order valence-electron chi connectivity index (χ3n) is 3.95. The molecule has 1 fully saturated rings. The minimum atomic E-state index is -0.136. The van der Waals surface area contributed by atoms with Gasteiger partial charge in [0.05, 0.1) is 5.56 Å². The Morgan fingerprint density at radius 3 is 2.58 bits per heavy atom. The number of hydrogen-bond acceptors (Lipinski definition) is 2. The minimum Gasteiger partial charge on any atom is -0.507 e. The van der Waals surface area contributed by atoms with Crippen LogP contribution in [0.5, 0.6) is 5.75 Å². The molecular formula is C16H23NO2. The van der Waals surface area contributed by atoms with Crippen LogP contribution >= 0.6 is 0 Å². The molecule has 0 bridgehead atoms. The number of phenolic OH excluding ortho intramolecular Hbond substituents is 1. The van der Waals surface area contributed by atoms with Crippen LogP contribution in [0, 0.1) is 5.92 Å². The van der Waals surface area contributed by atoms with Crippen molar-refractivity contribution in [2.45, 2.75) is 38.5 Å². The molecule has 0 spiro atoms. The molecule has 1 N–H and O–H groups in total. The van der Waals surface area contributed by atoms with E-state index in [-0.39, 0.29) is 11.7 Å². The fraction of sp³-hybridized carbons (Fsp3) is 0.562. The first kappa shape index (κ1) is 13.9. The van der Waals surface area contributed by atoms with Gasteiger partial charge in [0, 0.05) is 14.1 Å². The molecule has 2 rings (SSSR count). The highest BCUT2D eigenvalue weighted by atomic mass is 16.3. The summed E-state index contributed by atoms with van der Waals surface area (Å²) in [7, 11) is 3.41. The van der Waals surface area contributed by atoms with E-state index in [2.05, 4.69) is 0 Å². The van der Waals surface area contributed by atoms with Crippen molar-refractivity contribution < 1.29 is 9.90 Å². The van der Waals surface area contributed by atoms with Crippen molar-refractivity contribution in [3.63, 3.8) is 0 Å². The molecule has 0 aliphatic heterocycles. The number of amides is 1. The molecule has 19 heavy (non-hydrogen) atoms. The maximum absolute atomic E-state index is 12.0. The highest BCUT2D eigenvalue weighted by Gasteiger charge is 2.17. The van der Waals surface area contributed by atoms with E-state index >= 15 is 0 Å². The van der Waals surface area contributed by atoms with Gasteiger partial charge in [0.15, 0.2) is 0 Å². The van der Waals surface area contributed by atoms with E-state index in [0.717, 1.165) is 17.9 Å². The Morgan fingerprint density at radius 1 is 1.26 bits per heavy atom. The van der Waals surface area contributed by atoms with Gasteiger partial charge >= 0.3 is 0 Å². The molecule has 0 saturated heterocycles. The molecular weight excluding hydrogens is 238 g/mol. The van der Waals surface area contributed by atoms with E-state index in [4.69, 9.17) is 0 Å². The van der Waals surface area contributed by atoms with Crippen molar-refractivity contribution in [2.24, 2.45) is 5.92 Å². The molecule has 1 aliphatic rings. The smallest absolute Gasteiger partial charge is 0.257 e. The fourth-order valence-electron chi connectivity index (χ4n) is 2.85. The topological polar surface area (TPSA) is 40.5 Å². The van der Waals surface area contributed by atoms with Crippen LogP contribution in [0.2, 0.25) is 0 Å². The van der Waals surface area contributed by atoms with Crippen LogP contribution in [0.3, 0.4) is 0 Å². The van der Waals surface area contributed by atoms with Gasteiger partial charge in [-0.05, 0) is 30.0 Å². The lowest BCUT2D eigenvalue weighted by Crippen LogP contribution is -2.22. The van der Waals surface area contributed by atoms with Crippen LogP contribution in [0.4, 0.5) is 0 Å². The van der Waals surface area contributed by atoms with Crippen molar-refractivity contribution in [3.8, 4) is 5.75 Å². The maximum atomic E-state index is 12.0. The van der Waals surface area contributed by atoms with Gasteiger partial charge in [0.2, 0.25) is 0 Å². The highest BCUT2D eigenvalue weighted by molar-refractivity contribution is 5.96. The Labute approximate surface area is 115 Å². The molecule has 0 atom stereocenters. The van der Waals surface area contributed by atoms with Gasteiger partial charge < -0.3 is 10.0 Å². The Bertz CT molecular complexity index is 448. The Kier molecular flexibility index (Phi) is 4.46. The molecule has 0 heterocycles. The van der Waals surface area contributed by atoms with Gasteiger partial charge in [-0.15, -0.1) is 0 Å². The molecule has 1 aromatic carbocycles. The number of carbonyl (C=O) groups excluding carboxylic acids is 1. The van der Waals surface area contributed by atoms with Crippen molar-refractivity contribution in [3.05, 3.63) is 29.3 Å². The number of rotatable bonds is 3. The molecule has 0 aromatic heterocycles. The zero-order valence-electron chi connectivity index (χ0n) is 11.9.